The molecule has 98 valence electrons. The van der Waals surface area contributed by atoms with Crippen LogP contribution in [0.2, 0.25) is 0 Å². The van der Waals surface area contributed by atoms with Crippen molar-refractivity contribution < 1.29 is 0 Å². The molecule has 0 amide bonds. The highest BCUT2D eigenvalue weighted by molar-refractivity contribution is 6.17. The van der Waals surface area contributed by atoms with E-state index in [1.807, 2.05) is 0 Å². The molecule has 0 aliphatic heterocycles. The Morgan fingerprint density at radius 2 is 1.74 bits per heavy atom. The minimum atomic E-state index is 0.593. The van der Waals surface area contributed by atoms with Crippen molar-refractivity contribution in [1.82, 2.24) is 4.90 Å². The Morgan fingerprint density at radius 1 is 0.947 bits per heavy atom. The molecule has 1 aliphatic carbocycles. The standard InChI is InChI=1S/C17H18ClN/c1-19(2)11-13-3-5-14-9-15-7-12(10-18)4-6-16(15)17(14)8-13/h3-8H,9-11H2,1-2H3. The van der Waals surface area contributed by atoms with Crippen molar-refractivity contribution in [1.29, 1.82) is 0 Å². The number of hydrogen-bond acceptors (Lipinski definition) is 1. The third-order valence-electron chi connectivity index (χ3n) is 3.67. The zero-order valence-electron chi connectivity index (χ0n) is 11.4. The van der Waals surface area contributed by atoms with Crippen molar-refractivity contribution in [3.05, 3.63) is 58.7 Å². The third kappa shape index (κ3) is 2.41. The van der Waals surface area contributed by atoms with Crippen molar-refractivity contribution in [2.24, 2.45) is 0 Å². The Morgan fingerprint density at radius 3 is 2.47 bits per heavy atom. The first-order valence-corrected chi connectivity index (χ1v) is 7.15. The van der Waals surface area contributed by atoms with Crippen LogP contribution in [0.25, 0.3) is 11.1 Å². The van der Waals surface area contributed by atoms with Gasteiger partial charge in [-0.1, -0.05) is 30.3 Å². The summed E-state index contributed by atoms with van der Waals surface area (Å²) in [7, 11) is 4.21. The molecule has 0 spiro atoms. The van der Waals surface area contributed by atoms with Gasteiger partial charge in [-0.15, -0.1) is 11.6 Å². The topological polar surface area (TPSA) is 3.24 Å². The van der Waals surface area contributed by atoms with E-state index in [1.54, 1.807) is 0 Å². The van der Waals surface area contributed by atoms with E-state index in [1.165, 1.54) is 33.4 Å². The van der Waals surface area contributed by atoms with Gasteiger partial charge < -0.3 is 4.90 Å². The first-order chi connectivity index (χ1) is 9.17. The van der Waals surface area contributed by atoms with Crippen LogP contribution in [0, 0.1) is 0 Å². The highest BCUT2D eigenvalue weighted by Crippen LogP contribution is 2.37. The number of fused-ring (bicyclic) bond motifs is 3. The smallest absolute Gasteiger partial charge is 0.0474 e. The van der Waals surface area contributed by atoms with Crippen molar-refractivity contribution in [2.75, 3.05) is 14.1 Å². The predicted octanol–water partition coefficient (Wildman–Crippen LogP) is 4.06. The van der Waals surface area contributed by atoms with Crippen LogP contribution in [0.1, 0.15) is 22.3 Å². The van der Waals surface area contributed by atoms with Crippen LogP contribution < -0.4 is 0 Å². The molecule has 0 unspecified atom stereocenters. The lowest BCUT2D eigenvalue weighted by Crippen LogP contribution is -2.10. The molecule has 1 aliphatic rings. The van der Waals surface area contributed by atoms with Gasteiger partial charge in [-0.05, 0) is 60.0 Å². The fourth-order valence-electron chi connectivity index (χ4n) is 2.84. The van der Waals surface area contributed by atoms with Crippen LogP contribution in [-0.2, 0) is 18.8 Å². The van der Waals surface area contributed by atoms with Crippen molar-refractivity contribution in [3.63, 3.8) is 0 Å². The lowest BCUT2D eigenvalue weighted by atomic mass is 10.0. The highest BCUT2D eigenvalue weighted by Gasteiger charge is 2.18. The lowest BCUT2D eigenvalue weighted by Gasteiger charge is -2.11. The summed E-state index contributed by atoms with van der Waals surface area (Å²) in [5.41, 5.74) is 8.21. The number of hydrogen-bond donors (Lipinski definition) is 0. The molecular formula is C17H18ClN. The molecule has 0 saturated carbocycles. The largest absolute Gasteiger partial charge is 0.305 e. The van der Waals surface area contributed by atoms with Crippen LogP contribution in [-0.4, -0.2) is 19.0 Å². The van der Waals surface area contributed by atoms with E-state index in [9.17, 15) is 0 Å². The van der Waals surface area contributed by atoms with E-state index >= 15 is 0 Å². The second-order valence-corrected chi connectivity index (χ2v) is 5.80. The first kappa shape index (κ1) is 12.7. The quantitative estimate of drug-likeness (QED) is 0.650. The SMILES string of the molecule is CN(C)Cc1ccc2c(c1)-c1ccc(CCl)cc1C2. The number of rotatable bonds is 3. The molecule has 2 aromatic carbocycles. The van der Waals surface area contributed by atoms with E-state index in [0.717, 1.165) is 13.0 Å². The van der Waals surface area contributed by atoms with Crippen LogP contribution in [0.15, 0.2) is 36.4 Å². The predicted molar refractivity (Wildman–Crippen MR) is 81.6 cm³/mol. The molecule has 19 heavy (non-hydrogen) atoms. The second-order valence-electron chi connectivity index (χ2n) is 5.53. The highest BCUT2D eigenvalue weighted by atomic mass is 35.5. The number of halogens is 1. The molecular weight excluding hydrogens is 254 g/mol. The molecule has 0 fully saturated rings. The van der Waals surface area contributed by atoms with Crippen LogP contribution in [0.4, 0.5) is 0 Å². The van der Waals surface area contributed by atoms with Crippen molar-refractivity contribution in [3.8, 4) is 11.1 Å². The van der Waals surface area contributed by atoms with Gasteiger partial charge in [0.15, 0.2) is 0 Å². The molecule has 0 heterocycles. The minimum Gasteiger partial charge on any atom is -0.305 e. The van der Waals surface area contributed by atoms with Gasteiger partial charge in [-0.25, -0.2) is 0 Å². The molecule has 2 aromatic rings. The van der Waals surface area contributed by atoms with E-state index in [4.69, 9.17) is 11.6 Å². The second kappa shape index (κ2) is 4.99. The minimum absolute atomic E-state index is 0.593. The molecule has 0 atom stereocenters. The van der Waals surface area contributed by atoms with Crippen LogP contribution >= 0.6 is 11.6 Å². The Balaban J connectivity index is 2.02. The van der Waals surface area contributed by atoms with E-state index in [2.05, 4.69) is 55.4 Å². The molecule has 0 saturated heterocycles. The molecule has 0 radical (unpaired) electrons. The van der Waals surface area contributed by atoms with Gasteiger partial charge in [0.05, 0.1) is 0 Å². The molecule has 0 N–H and O–H groups in total. The molecule has 0 aromatic heterocycles. The van der Waals surface area contributed by atoms with Gasteiger partial charge in [-0.3, -0.25) is 0 Å². The fraction of sp³-hybridized carbons (Fsp3) is 0.294. The fourth-order valence-corrected chi connectivity index (χ4v) is 3.00. The summed E-state index contributed by atoms with van der Waals surface area (Å²) in [4.78, 5) is 2.20. The average molecular weight is 272 g/mol. The summed E-state index contributed by atoms with van der Waals surface area (Å²) in [5.74, 6) is 0.593. The molecule has 0 bridgehead atoms. The van der Waals surface area contributed by atoms with E-state index in [-0.39, 0.29) is 0 Å². The monoisotopic (exact) mass is 271 g/mol. The summed E-state index contributed by atoms with van der Waals surface area (Å²) >= 11 is 5.92. The number of nitrogens with zero attached hydrogens (tertiary/aromatic N) is 1. The summed E-state index contributed by atoms with van der Waals surface area (Å²) < 4.78 is 0. The van der Waals surface area contributed by atoms with Gasteiger partial charge in [0.1, 0.15) is 0 Å². The zero-order valence-corrected chi connectivity index (χ0v) is 12.2. The zero-order chi connectivity index (χ0) is 13.4. The summed E-state index contributed by atoms with van der Waals surface area (Å²) in [6.07, 6.45) is 1.04. The Hall–Kier alpha value is -1.31. The summed E-state index contributed by atoms with van der Waals surface area (Å²) in [6.45, 7) is 0.988. The van der Waals surface area contributed by atoms with Gasteiger partial charge >= 0.3 is 0 Å². The Labute approximate surface area is 119 Å². The lowest BCUT2D eigenvalue weighted by molar-refractivity contribution is 0.402. The average Bonchev–Trinajstić information content (AvgIpc) is 2.75. The first-order valence-electron chi connectivity index (χ1n) is 6.62. The van der Waals surface area contributed by atoms with Gasteiger partial charge in [0.2, 0.25) is 0 Å². The molecule has 3 rings (SSSR count). The third-order valence-corrected chi connectivity index (χ3v) is 3.98. The Kier molecular flexibility index (Phi) is 3.34. The molecule has 1 nitrogen and oxygen atoms in total. The summed E-state index contributed by atoms with van der Waals surface area (Å²) in [5, 5.41) is 0. The maximum Gasteiger partial charge on any atom is 0.0474 e. The van der Waals surface area contributed by atoms with E-state index < -0.39 is 0 Å². The maximum atomic E-state index is 5.92. The van der Waals surface area contributed by atoms with Crippen molar-refractivity contribution >= 4 is 11.6 Å². The van der Waals surface area contributed by atoms with Crippen molar-refractivity contribution in [2.45, 2.75) is 18.8 Å². The van der Waals surface area contributed by atoms with E-state index in [0.29, 0.717) is 5.88 Å². The number of alkyl halides is 1. The van der Waals surface area contributed by atoms with Gasteiger partial charge in [0, 0.05) is 12.4 Å². The molecule has 2 heteroatoms. The van der Waals surface area contributed by atoms with Gasteiger partial charge in [0.25, 0.3) is 0 Å². The maximum absolute atomic E-state index is 5.92. The number of benzene rings is 2. The van der Waals surface area contributed by atoms with Gasteiger partial charge in [-0.2, -0.15) is 0 Å². The Bertz CT molecular complexity index is 617. The normalized spacial score (nSPS) is 12.6. The summed E-state index contributed by atoms with van der Waals surface area (Å²) in [6, 6.07) is 13.5. The van der Waals surface area contributed by atoms with Crippen LogP contribution in [0.5, 0.6) is 0 Å². The van der Waals surface area contributed by atoms with Crippen LogP contribution in [0.3, 0.4) is 0 Å².